The van der Waals surface area contributed by atoms with Crippen molar-refractivity contribution in [1.82, 2.24) is 20.2 Å². The van der Waals surface area contributed by atoms with Gasteiger partial charge in [-0.25, -0.2) is 4.98 Å². The first-order valence-corrected chi connectivity index (χ1v) is 5.66. The van der Waals surface area contributed by atoms with Crippen LogP contribution in [0.15, 0.2) is 24.0 Å². The van der Waals surface area contributed by atoms with Gasteiger partial charge in [-0.15, -0.1) is 11.3 Å². The lowest BCUT2D eigenvalue weighted by atomic mass is 10.2. The second kappa shape index (κ2) is 3.63. The molecule has 0 aromatic carbocycles. The zero-order chi connectivity index (χ0) is 11.8. The van der Waals surface area contributed by atoms with Crippen LogP contribution in [-0.2, 0) is 0 Å². The highest BCUT2D eigenvalue weighted by molar-refractivity contribution is 7.13. The third kappa shape index (κ3) is 1.56. The summed E-state index contributed by atoms with van der Waals surface area (Å²) in [6.07, 6.45) is 3.33. The molecule has 0 saturated heterocycles. The standard InChI is InChI=1S/C10H7N5OS/c11-10(16)9-8-5(2-13-15-8)1-6(14-9)7-3-12-4-17-7/h1-4H,(H2,11,16)(H,13,15). The number of rotatable bonds is 2. The zero-order valence-electron chi connectivity index (χ0n) is 8.54. The minimum atomic E-state index is -0.578. The van der Waals surface area contributed by atoms with E-state index in [-0.39, 0.29) is 5.69 Å². The number of fused-ring (bicyclic) bond motifs is 1. The molecule has 84 valence electrons. The van der Waals surface area contributed by atoms with Crippen LogP contribution in [0.5, 0.6) is 0 Å². The Kier molecular flexibility index (Phi) is 2.12. The van der Waals surface area contributed by atoms with Crippen molar-refractivity contribution in [2.24, 2.45) is 5.73 Å². The van der Waals surface area contributed by atoms with Crippen molar-refractivity contribution < 1.29 is 4.79 Å². The minimum Gasteiger partial charge on any atom is -0.364 e. The fourth-order valence-corrected chi connectivity index (χ4v) is 2.18. The van der Waals surface area contributed by atoms with Crippen LogP contribution in [0.2, 0.25) is 0 Å². The summed E-state index contributed by atoms with van der Waals surface area (Å²) < 4.78 is 0. The molecule has 3 aromatic rings. The summed E-state index contributed by atoms with van der Waals surface area (Å²) in [5.41, 5.74) is 8.44. The van der Waals surface area contributed by atoms with Crippen molar-refractivity contribution in [2.45, 2.75) is 0 Å². The number of primary amides is 1. The van der Waals surface area contributed by atoms with E-state index >= 15 is 0 Å². The number of carbonyl (C=O) groups is 1. The molecule has 0 radical (unpaired) electrons. The summed E-state index contributed by atoms with van der Waals surface area (Å²) in [6, 6.07) is 1.85. The fourth-order valence-electron chi connectivity index (χ4n) is 1.60. The van der Waals surface area contributed by atoms with E-state index in [4.69, 9.17) is 5.73 Å². The lowest BCUT2D eigenvalue weighted by molar-refractivity contribution is 0.0997. The number of aromatic amines is 1. The van der Waals surface area contributed by atoms with Gasteiger partial charge in [-0.1, -0.05) is 0 Å². The van der Waals surface area contributed by atoms with E-state index in [2.05, 4.69) is 20.2 Å². The van der Waals surface area contributed by atoms with E-state index < -0.39 is 5.91 Å². The monoisotopic (exact) mass is 245 g/mol. The van der Waals surface area contributed by atoms with Gasteiger partial charge >= 0.3 is 0 Å². The number of carbonyl (C=O) groups excluding carboxylic acids is 1. The van der Waals surface area contributed by atoms with Crippen LogP contribution in [0.1, 0.15) is 10.5 Å². The lowest BCUT2D eigenvalue weighted by Crippen LogP contribution is -2.14. The molecule has 0 aliphatic rings. The number of H-pyrrole nitrogens is 1. The molecule has 3 heterocycles. The van der Waals surface area contributed by atoms with E-state index in [1.807, 2.05) is 6.07 Å². The average Bonchev–Trinajstić information content (AvgIpc) is 2.98. The predicted molar refractivity (Wildman–Crippen MR) is 63.5 cm³/mol. The zero-order valence-corrected chi connectivity index (χ0v) is 9.36. The van der Waals surface area contributed by atoms with Crippen LogP contribution in [0.3, 0.4) is 0 Å². The first-order chi connectivity index (χ1) is 8.25. The maximum Gasteiger partial charge on any atom is 0.269 e. The van der Waals surface area contributed by atoms with E-state index in [0.29, 0.717) is 11.2 Å². The van der Waals surface area contributed by atoms with Crippen LogP contribution in [0.4, 0.5) is 0 Å². The van der Waals surface area contributed by atoms with Crippen molar-refractivity contribution in [3.8, 4) is 10.6 Å². The van der Waals surface area contributed by atoms with E-state index in [1.54, 1.807) is 17.9 Å². The third-order valence-corrected chi connectivity index (χ3v) is 3.14. The number of hydrogen-bond donors (Lipinski definition) is 2. The Morgan fingerprint density at radius 3 is 3.00 bits per heavy atom. The van der Waals surface area contributed by atoms with E-state index in [0.717, 1.165) is 10.3 Å². The van der Waals surface area contributed by atoms with E-state index in [1.165, 1.54) is 11.3 Å². The van der Waals surface area contributed by atoms with Crippen LogP contribution in [0, 0.1) is 0 Å². The second-order valence-corrected chi connectivity index (χ2v) is 4.31. The molecule has 0 spiro atoms. The molecular formula is C10H7N5OS. The van der Waals surface area contributed by atoms with Gasteiger partial charge in [0, 0.05) is 11.6 Å². The molecule has 0 unspecified atom stereocenters. The van der Waals surface area contributed by atoms with Crippen LogP contribution < -0.4 is 5.73 Å². The Bertz CT molecular complexity index is 688. The van der Waals surface area contributed by atoms with Crippen molar-refractivity contribution in [1.29, 1.82) is 0 Å². The minimum absolute atomic E-state index is 0.198. The van der Waals surface area contributed by atoms with Crippen molar-refractivity contribution in [3.63, 3.8) is 0 Å². The SMILES string of the molecule is NC(=O)c1nc(-c2cncs2)cc2cn[nH]c12. The maximum atomic E-state index is 11.3. The molecule has 0 atom stereocenters. The first kappa shape index (κ1) is 9.91. The highest BCUT2D eigenvalue weighted by atomic mass is 32.1. The Balaban J connectivity index is 2.31. The molecule has 6 nitrogen and oxygen atoms in total. The third-order valence-electron chi connectivity index (χ3n) is 2.35. The van der Waals surface area contributed by atoms with Gasteiger partial charge in [0.15, 0.2) is 5.69 Å². The molecule has 0 saturated carbocycles. The van der Waals surface area contributed by atoms with Gasteiger partial charge < -0.3 is 5.73 Å². The predicted octanol–water partition coefficient (Wildman–Crippen LogP) is 1.18. The topological polar surface area (TPSA) is 97.6 Å². The van der Waals surface area contributed by atoms with Gasteiger partial charge in [-0.05, 0) is 6.07 Å². The summed E-state index contributed by atoms with van der Waals surface area (Å²) in [5, 5.41) is 7.40. The first-order valence-electron chi connectivity index (χ1n) is 4.78. The number of thiazole rings is 1. The molecular weight excluding hydrogens is 238 g/mol. The highest BCUT2D eigenvalue weighted by Gasteiger charge is 2.13. The molecule has 17 heavy (non-hydrogen) atoms. The lowest BCUT2D eigenvalue weighted by Gasteiger charge is -2.01. The summed E-state index contributed by atoms with van der Waals surface area (Å²) in [5.74, 6) is -0.578. The largest absolute Gasteiger partial charge is 0.364 e. The highest BCUT2D eigenvalue weighted by Crippen LogP contribution is 2.25. The Hall–Kier alpha value is -2.28. The molecule has 3 rings (SSSR count). The number of hydrogen-bond acceptors (Lipinski definition) is 5. The molecule has 0 aliphatic heterocycles. The maximum absolute atomic E-state index is 11.3. The van der Waals surface area contributed by atoms with Crippen LogP contribution in [-0.4, -0.2) is 26.1 Å². The smallest absolute Gasteiger partial charge is 0.269 e. The van der Waals surface area contributed by atoms with E-state index in [9.17, 15) is 4.79 Å². The number of nitrogens with zero attached hydrogens (tertiary/aromatic N) is 3. The van der Waals surface area contributed by atoms with Crippen LogP contribution >= 0.6 is 11.3 Å². The fraction of sp³-hybridized carbons (Fsp3) is 0. The number of pyridine rings is 1. The Labute approximate surface area is 99.5 Å². The van der Waals surface area contributed by atoms with Crippen molar-refractivity contribution in [3.05, 3.63) is 29.7 Å². The van der Waals surface area contributed by atoms with Gasteiger partial charge in [0.2, 0.25) is 0 Å². The van der Waals surface area contributed by atoms with Gasteiger partial charge in [-0.2, -0.15) is 5.10 Å². The number of nitrogens with one attached hydrogen (secondary N) is 1. The van der Waals surface area contributed by atoms with Crippen molar-refractivity contribution in [2.75, 3.05) is 0 Å². The summed E-state index contributed by atoms with van der Waals surface area (Å²) in [7, 11) is 0. The summed E-state index contributed by atoms with van der Waals surface area (Å²) >= 11 is 1.45. The van der Waals surface area contributed by atoms with Gasteiger partial charge in [-0.3, -0.25) is 14.9 Å². The van der Waals surface area contributed by atoms with Gasteiger partial charge in [0.25, 0.3) is 5.91 Å². The Morgan fingerprint density at radius 1 is 1.41 bits per heavy atom. The van der Waals surface area contributed by atoms with Gasteiger partial charge in [0.1, 0.15) is 0 Å². The summed E-state index contributed by atoms with van der Waals surface area (Å²) in [4.78, 5) is 20.4. The molecule has 0 fully saturated rings. The molecule has 1 amide bonds. The van der Waals surface area contributed by atoms with Crippen LogP contribution in [0.25, 0.3) is 21.5 Å². The number of amides is 1. The molecule has 3 N–H and O–H groups in total. The molecule has 0 bridgehead atoms. The number of aromatic nitrogens is 4. The molecule has 3 aromatic heterocycles. The molecule has 0 aliphatic carbocycles. The van der Waals surface area contributed by atoms with Gasteiger partial charge in [0.05, 0.1) is 27.8 Å². The number of nitrogens with two attached hydrogens (primary N) is 1. The molecule has 7 heteroatoms. The normalized spacial score (nSPS) is 10.8. The quantitative estimate of drug-likeness (QED) is 0.708. The summed E-state index contributed by atoms with van der Waals surface area (Å²) in [6.45, 7) is 0. The van der Waals surface area contributed by atoms with Crippen molar-refractivity contribution >= 4 is 28.1 Å². The second-order valence-electron chi connectivity index (χ2n) is 3.42. The Morgan fingerprint density at radius 2 is 2.29 bits per heavy atom. The average molecular weight is 245 g/mol.